The summed E-state index contributed by atoms with van der Waals surface area (Å²) in [4.78, 5) is 13.8. The Bertz CT molecular complexity index is 3950. The topological polar surface area (TPSA) is 78.1 Å². The number of hydrogen-bond acceptors (Lipinski definition) is 6. The van der Waals surface area contributed by atoms with Gasteiger partial charge >= 0.3 is 0 Å². The second-order valence-electron chi connectivity index (χ2n) is 17.0. The third-order valence-corrected chi connectivity index (χ3v) is 12.8. The molecule has 6 nitrogen and oxygen atoms in total. The van der Waals surface area contributed by atoms with Crippen LogP contribution in [0.15, 0.2) is 159 Å². The van der Waals surface area contributed by atoms with Crippen molar-refractivity contribution in [3.63, 3.8) is 0 Å². The molecule has 0 spiro atoms. The summed E-state index contributed by atoms with van der Waals surface area (Å²) in [7, 11) is 0. The Morgan fingerprint density at radius 2 is 0.542 bits per heavy atom. The lowest BCUT2D eigenvalue weighted by Crippen LogP contribution is -1.92. The predicted octanol–water partition coefficient (Wildman–Crippen LogP) is 16.8. The molecule has 0 fully saturated rings. The van der Waals surface area contributed by atoms with E-state index in [9.17, 15) is 13.2 Å². The molecule has 0 aliphatic heterocycles. The van der Waals surface area contributed by atoms with Gasteiger partial charge in [0.2, 0.25) is 0 Å². The van der Waals surface area contributed by atoms with Crippen molar-refractivity contribution >= 4 is 66.2 Å². The molecule has 0 bridgehead atoms. The van der Waals surface area contributed by atoms with Gasteiger partial charge in [0, 0.05) is 105 Å². The van der Waals surface area contributed by atoms with Gasteiger partial charge in [-0.15, -0.1) is 0 Å². The first-order valence-corrected chi connectivity index (χ1v) is 21.9. The number of rotatable bonds is 6. The van der Waals surface area contributed by atoms with Gasteiger partial charge in [-0.05, 0) is 71.3 Å². The fourth-order valence-corrected chi connectivity index (χ4v) is 9.80. The lowest BCUT2D eigenvalue weighted by Gasteiger charge is -2.12. The first-order valence-electron chi connectivity index (χ1n) is 21.9. The van der Waals surface area contributed by atoms with Crippen molar-refractivity contribution in [2.75, 3.05) is 0 Å². The predicted molar refractivity (Wildman–Crippen MR) is 254 cm³/mol. The summed E-state index contributed by atoms with van der Waals surface area (Å²) in [5.74, 6) is -10.2. The van der Waals surface area contributed by atoms with Gasteiger partial charge in [0.25, 0.3) is 0 Å². The number of para-hydroxylation sites is 3. The van der Waals surface area contributed by atoms with E-state index in [2.05, 4.69) is 15.0 Å². The van der Waals surface area contributed by atoms with Crippen LogP contribution in [0.4, 0.5) is 39.5 Å². The van der Waals surface area contributed by atoms with Crippen LogP contribution < -0.4 is 0 Å². The molecule has 348 valence electrons. The molecule has 72 heavy (non-hydrogen) atoms. The summed E-state index contributed by atoms with van der Waals surface area (Å²) < 4.78 is 154. The van der Waals surface area contributed by atoms with Gasteiger partial charge in [-0.1, -0.05) is 36.4 Å². The van der Waals surface area contributed by atoms with E-state index in [1.165, 1.54) is 36.8 Å². The number of pyridine rings is 3. The highest BCUT2D eigenvalue weighted by atomic mass is 19.2. The summed E-state index contributed by atoms with van der Waals surface area (Å²) in [6, 6.07) is 28.0. The number of furan rings is 3. The highest BCUT2D eigenvalue weighted by Gasteiger charge is 2.26. The van der Waals surface area contributed by atoms with Crippen molar-refractivity contribution in [1.29, 1.82) is 0 Å². The third-order valence-electron chi connectivity index (χ3n) is 12.8. The van der Waals surface area contributed by atoms with Crippen LogP contribution in [0.2, 0.25) is 0 Å². The van der Waals surface area contributed by atoms with E-state index < -0.39 is 69.0 Å². The van der Waals surface area contributed by atoms with Crippen molar-refractivity contribution < 1.29 is 52.8 Å². The van der Waals surface area contributed by atoms with E-state index in [-0.39, 0.29) is 50.2 Å². The molecule has 0 aliphatic rings. The number of nitrogens with zero attached hydrogens (tertiary/aromatic N) is 3. The van der Waals surface area contributed by atoms with Gasteiger partial charge in [-0.3, -0.25) is 15.0 Å². The van der Waals surface area contributed by atoms with Crippen LogP contribution >= 0.6 is 0 Å². The van der Waals surface area contributed by atoms with Crippen LogP contribution in [-0.2, 0) is 0 Å². The van der Waals surface area contributed by atoms with E-state index in [1.807, 2.05) is 18.2 Å². The van der Waals surface area contributed by atoms with Gasteiger partial charge in [-0.25, -0.2) is 39.5 Å². The van der Waals surface area contributed by atoms with E-state index in [0.29, 0.717) is 102 Å². The minimum atomic E-state index is -1.14. The average Bonchev–Trinajstić information content (AvgIpc) is 4.06. The van der Waals surface area contributed by atoms with Crippen molar-refractivity contribution in [2.45, 2.75) is 0 Å². The molecule has 0 atom stereocenters. The lowest BCUT2D eigenvalue weighted by molar-refractivity contribution is 0.546. The van der Waals surface area contributed by atoms with Crippen LogP contribution in [0.1, 0.15) is 0 Å². The average molecular weight is 970 g/mol. The largest absolute Gasteiger partial charge is 0.453 e. The standard InChI is InChI=1S/C57H24F9N3O3/c58-28-19-40(61)46(41(62)20-28)34-4-1-7-37-49-55(70-52(34)37)31(10-13-67-49)25-16-26(32-11-14-68-50-38-8-2-5-35(53(38)71-56(32)50)47-42(63)21-29(59)22-43(47)64)18-27(17-25)33-12-15-69-51-39-9-3-6-36(54(39)72-57(33)51)48-44(65)23-30(60)24-45(48)66/h1-24H. The Kier molecular flexibility index (Phi) is 9.46. The minimum Gasteiger partial charge on any atom is -0.453 e. The van der Waals surface area contributed by atoms with Crippen LogP contribution in [0, 0.1) is 52.4 Å². The van der Waals surface area contributed by atoms with E-state index in [4.69, 9.17) is 13.3 Å². The number of benzene rings is 7. The van der Waals surface area contributed by atoms with Crippen LogP contribution in [0.3, 0.4) is 0 Å². The summed E-state index contributed by atoms with van der Waals surface area (Å²) in [5, 5.41) is 1.19. The number of halogens is 9. The molecule has 7 aromatic carbocycles. The first kappa shape index (κ1) is 42.8. The molecule has 0 saturated heterocycles. The highest BCUT2D eigenvalue weighted by molar-refractivity contribution is 6.15. The molecule has 0 aliphatic carbocycles. The Morgan fingerprint density at radius 1 is 0.278 bits per heavy atom. The zero-order chi connectivity index (χ0) is 49.3. The van der Waals surface area contributed by atoms with Crippen molar-refractivity contribution in [3.8, 4) is 66.8 Å². The molecule has 0 unspecified atom stereocenters. The molecular formula is C57H24F9N3O3. The van der Waals surface area contributed by atoms with Gasteiger partial charge in [0.1, 0.15) is 85.7 Å². The molecule has 13 aromatic rings. The molecule has 6 aromatic heterocycles. The van der Waals surface area contributed by atoms with Crippen molar-refractivity contribution in [2.24, 2.45) is 0 Å². The maximum absolute atomic E-state index is 15.4. The molecule has 0 radical (unpaired) electrons. The van der Waals surface area contributed by atoms with Gasteiger partial charge in [0.15, 0.2) is 16.7 Å². The maximum atomic E-state index is 15.4. The zero-order valence-electron chi connectivity index (χ0n) is 36.3. The molecule has 15 heteroatoms. The normalized spacial score (nSPS) is 12.0. The highest BCUT2D eigenvalue weighted by Crippen LogP contribution is 2.47. The van der Waals surface area contributed by atoms with Gasteiger partial charge < -0.3 is 13.3 Å². The van der Waals surface area contributed by atoms with E-state index >= 15 is 26.3 Å². The molecule has 13 rings (SSSR count). The maximum Gasteiger partial charge on any atom is 0.161 e. The Balaban J connectivity index is 1.08. The first-order chi connectivity index (χ1) is 34.9. The fourth-order valence-electron chi connectivity index (χ4n) is 9.80. The van der Waals surface area contributed by atoms with Crippen molar-refractivity contribution in [1.82, 2.24) is 15.0 Å². The van der Waals surface area contributed by atoms with Crippen molar-refractivity contribution in [3.05, 3.63) is 198 Å². The number of hydrogen-bond donors (Lipinski definition) is 0. The smallest absolute Gasteiger partial charge is 0.161 e. The van der Waals surface area contributed by atoms with Gasteiger partial charge in [0.05, 0.1) is 16.7 Å². The second-order valence-corrected chi connectivity index (χ2v) is 17.0. The number of fused-ring (bicyclic) bond motifs is 9. The minimum absolute atomic E-state index is 0.00792. The van der Waals surface area contributed by atoms with Crippen LogP contribution in [0.25, 0.3) is 133 Å². The molecular weight excluding hydrogens is 946 g/mol. The summed E-state index contributed by atoms with van der Waals surface area (Å²) in [5.41, 5.74) is 3.13. The summed E-state index contributed by atoms with van der Waals surface area (Å²) in [6.07, 6.45) is 4.59. The Morgan fingerprint density at radius 3 is 0.806 bits per heavy atom. The summed E-state index contributed by atoms with van der Waals surface area (Å²) >= 11 is 0. The second kappa shape index (κ2) is 15.9. The van der Waals surface area contributed by atoms with E-state index in [1.54, 1.807) is 54.6 Å². The van der Waals surface area contributed by atoms with Crippen LogP contribution in [0.5, 0.6) is 0 Å². The van der Waals surface area contributed by atoms with Crippen LogP contribution in [-0.4, -0.2) is 15.0 Å². The monoisotopic (exact) mass is 969 g/mol. The fraction of sp³-hybridized carbons (Fsp3) is 0. The SMILES string of the molecule is Fc1cc(F)c(-c2cccc3c2oc2c(-c4cc(-c5ccnc6c5oc5c(-c7c(F)cc(F)cc7F)cccc56)cc(-c5ccnc6c5oc5c(-c7c(F)cc(F)cc7F)cccc56)c4)ccnc23)c(F)c1. The summed E-state index contributed by atoms with van der Waals surface area (Å²) in [6.45, 7) is 0. The Labute approximate surface area is 397 Å². The van der Waals surface area contributed by atoms with E-state index in [0.717, 1.165) is 0 Å². The molecule has 0 saturated carbocycles. The molecule has 6 heterocycles. The Hall–Kier alpha value is -9.24. The number of aromatic nitrogens is 3. The lowest BCUT2D eigenvalue weighted by atomic mass is 9.93. The third kappa shape index (κ3) is 6.50. The molecule has 0 amide bonds. The molecule has 0 N–H and O–H groups in total. The zero-order valence-corrected chi connectivity index (χ0v) is 36.3. The quantitative estimate of drug-likeness (QED) is 0.155. The van der Waals surface area contributed by atoms with Gasteiger partial charge in [-0.2, -0.15) is 0 Å².